The number of benzene rings is 1. The number of nitrogens with one attached hydrogen (secondary N) is 2. The van der Waals surface area contributed by atoms with Crippen LogP contribution in [0.3, 0.4) is 0 Å². The molecule has 168 valence electrons. The van der Waals surface area contributed by atoms with Crippen LogP contribution in [-0.4, -0.2) is 46.0 Å². The maximum Gasteiger partial charge on any atom is 0.316 e. The van der Waals surface area contributed by atoms with E-state index in [9.17, 15) is 4.79 Å². The molecule has 3 rings (SSSR count). The first-order valence-corrected chi connectivity index (χ1v) is 10.9. The molecule has 31 heavy (non-hydrogen) atoms. The topological polar surface area (TPSA) is 106 Å². The summed E-state index contributed by atoms with van der Waals surface area (Å²) >= 11 is 0. The van der Waals surface area contributed by atoms with Gasteiger partial charge in [-0.25, -0.2) is 9.97 Å². The summed E-state index contributed by atoms with van der Waals surface area (Å²) in [6, 6.07) is 8.45. The van der Waals surface area contributed by atoms with Crippen LogP contribution in [0.4, 0.5) is 11.4 Å². The molecule has 0 bridgehead atoms. The third-order valence-corrected chi connectivity index (χ3v) is 5.75. The number of aromatic nitrogens is 2. The zero-order valence-electron chi connectivity index (χ0n) is 18.4. The van der Waals surface area contributed by atoms with Gasteiger partial charge in [0.2, 0.25) is 0 Å². The Morgan fingerprint density at radius 3 is 2.52 bits per heavy atom. The van der Waals surface area contributed by atoms with E-state index in [1.807, 2.05) is 38.1 Å². The molecule has 0 spiro atoms. The number of carbonyl (C=O) groups is 1. The molecule has 8 heteroatoms. The number of carboxylic acids is 1. The van der Waals surface area contributed by atoms with Gasteiger partial charge in [0, 0.05) is 5.69 Å². The zero-order chi connectivity index (χ0) is 22.3. The molecule has 1 saturated heterocycles. The van der Waals surface area contributed by atoms with Crippen LogP contribution in [0, 0.1) is 0 Å². The van der Waals surface area contributed by atoms with Crippen LogP contribution in [0.25, 0.3) is 0 Å². The van der Waals surface area contributed by atoms with Gasteiger partial charge in [-0.2, -0.15) is 0 Å². The third kappa shape index (κ3) is 5.64. The van der Waals surface area contributed by atoms with E-state index in [0.717, 1.165) is 36.2 Å². The van der Waals surface area contributed by atoms with Gasteiger partial charge in [-0.15, -0.1) is 0 Å². The SMILES string of the molecule is CCOc1ncc(NC2(CC)OCCC2Nc2ccc(C(CC)CC(=O)O)cc2)cn1. The van der Waals surface area contributed by atoms with E-state index >= 15 is 0 Å². The minimum Gasteiger partial charge on any atom is -0.481 e. The number of aliphatic carboxylic acids is 1. The number of ether oxygens (including phenoxy) is 2. The summed E-state index contributed by atoms with van der Waals surface area (Å²) in [7, 11) is 0. The Morgan fingerprint density at radius 2 is 1.94 bits per heavy atom. The minimum absolute atomic E-state index is 0.0254. The fraction of sp³-hybridized carbons (Fsp3) is 0.522. The summed E-state index contributed by atoms with van der Waals surface area (Å²) in [6.45, 7) is 7.16. The van der Waals surface area contributed by atoms with Gasteiger partial charge in [0.15, 0.2) is 5.72 Å². The second kappa shape index (κ2) is 10.4. The van der Waals surface area contributed by atoms with Crippen molar-refractivity contribution in [2.75, 3.05) is 23.8 Å². The number of anilines is 2. The van der Waals surface area contributed by atoms with E-state index in [-0.39, 0.29) is 18.4 Å². The zero-order valence-corrected chi connectivity index (χ0v) is 18.4. The lowest BCUT2D eigenvalue weighted by Gasteiger charge is -2.36. The summed E-state index contributed by atoms with van der Waals surface area (Å²) in [5, 5.41) is 16.2. The lowest BCUT2D eigenvalue weighted by molar-refractivity contribution is -0.137. The predicted molar refractivity (Wildman–Crippen MR) is 120 cm³/mol. The normalized spacial score (nSPS) is 21.5. The van der Waals surface area contributed by atoms with E-state index < -0.39 is 11.7 Å². The Bertz CT molecular complexity index is 844. The maximum absolute atomic E-state index is 11.1. The molecule has 3 unspecified atom stereocenters. The third-order valence-electron chi connectivity index (χ3n) is 5.75. The summed E-state index contributed by atoms with van der Waals surface area (Å²) in [4.78, 5) is 19.5. The Morgan fingerprint density at radius 1 is 1.23 bits per heavy atom. The Balaban J connectivity index is 1.70. The van der Waals surface area contributed by atoms with Gasteiger partial charge in [0.05, 0.1) is 43.8 Å². The molecule has 1 aliphatic rings. The lowest BCUT2D eigenvalue weighted by Crippen LogP contribution is -2.50. The van der Waals surface area contributed by atoms with E-state index in [1.54, 1.807) is 12.4 Å². The monoisotopic (exact) mass is 428 g/mol. The van der Waals surface area contributed by atoms with Crippen molar-refractivity contribution < 1.29 is 19.4 Å². The molecule has 3 atom stereocenters. The van der Waals surface area contributed by atoms with Crippen molar-refractivity contribution in [1.82, 2.24) is 9.97 Å². The van der Waals surface area contributed by atoms with E-state index in [4.69, 9.17) is 14.6 Å². The van der Waals surface area contributed by atoms with Gasteiger partial charge in [-0.3, -0.25) is 4.79 Å². The van der Waals surface area contributed by atoms with Crippen LogP contribution < -0.4 is 15.4 Å². The van der Waals surface area contributed by atoms with Crippen LogP contribution in [0.15, 0.2) is 36.7 Å². The highest BCUT2D eigenvalue weighted by atomic mass is 16.5. The van der Waals surface area contributed by atoms with Crippen molar-refractivity contribution in [2.24, 2.45) is 0 Å². The highest BCUT2D eigenvalue weighted by Crippen LogP contribution is 2.34. The van der Waals surface area contributed by atoms with Gasteiger partial charge >= 0.3 is 12.0 Å². The Labute approximate surface area is 183 Å². The number of nitrogens with zero attached hydrogens (tertiary/aromatic N) is 2. The highest BCUT2D eigenvalue weighted by Gasteiger charge is 2.43. The van der Waals surface area contributed by atoms with Gasteiger partial charge in [-0.05, 0) is 49.8 Å². The van der Waals surface area contributed by atoms with Crippen LogP contribution in [0.5, 0.6) is 6.01 Å². The van der Waals surface area contributed by atoms with E-state index in [2.05, 4.69) is 27.5 Å². The first-order chi connectivity index (χ1) is 15.0. The number of hydrogen-bond acceptors (Lipinski definition) is 7. The quantitative estimate of drug-likeness (QED) is 0.487. The molecule has 0 amide bonds. The van der Waals surface area contributed by atoms with Crippen molar-refractivity contribution in [3.05, 3.63) is 42.2 Å². The molecule has 0 radical (unpaired) electrons. The van der Waals surface area contributed by atoms with E-state index in [0.29, 0.717) is 19.2 Å². The average molecular weight is 429 g/mol. The molecule has 2 heterocycles. The van der Waals surface area contributed by atoms with Crippen molar-refractivity contribution in [1.29, 1.82) is 0 Å². The molecule has 1 fully saturated rings. The number of rotatable bonds is 11. The van der Waals surface area contributed by atoms with Gasteiger partial charge in [-0.1, -0.05) is 26.0 Å². The fourth-order valence-corrected chi connectivity index (χ4v) is 4.03. The van der Waals surface area contributed by atoms with Crippen LogP contribution in [-0.2, 0) is 9.53 Å². The lowest BCUT2D eigenvalue weighted by atomic mass is 9.93. The average Bonchev–Trinajstić information content (AvgIpc) is 3.16. The molecule has 1 aromatic carbocycles. The molecule has 8 nitrogen and oxygen atoms in total. The number of carboxylic acid groups (broad SMARTS) is 1. The van der Waals surface area contributed by atoms with Crippen LogP contribution in [0.2, 0.25) is 0 Å². The summed E-state index contributed by atoms with van der Waals surface area (Å²) < 4.78 is 11.5. The Kier molecular flexibility index (Phi) is 7.68. The van der Waals surface area contributed by atoms with Crippen LogP contribution >= 0.6 is 0 Å². The maximum atomic E-state index is 11.1. The largest absolute Gasteiger partial charge is 0.481 e. The summed E-state index contributed by atoms with van der Waals surface area (Å²) in [5.74, 6) is -0.744. The highest BCUT2D eigenvalue weighted by molar-refractivity contribution is 5.68. The van der Waals surface area contributed by atoms with Gasteiger partial charge in [0.25, 0.3) is 0 Å². The molecule has 1 aromatic heterocycles. The molecule has 0 aliphatic carbocycles. The van der Waals surface area contributed by atoms with E-state index in [1.165, 1.54) is 0 Å². The van der Waals surface area contributed by atoms with Gasteiger partial charge < -0.3 is 25.2 Å². The molecule has 0 saturated carbocycles. The molecule has 2 aromatic rings. The molecular formula is C23H32N4O4. The standard InChI is InChI=1S/C23H32N4O4/c1-4-16(13-21(28)29)17-7-9-18(10-8-17)26-20-11-12-31-23(20,5-2)27-19-14-24-22(25-15-19)30-6-3/h7-10,14-16,20,26-27H,4-6,11-13H2,1-3H3,(H,28,29). The fourth-order valence-electron chi connectivity index (χ4n) is 4.03. The molecular weight excluding hydrogens is 396 g/mol. The second-order valence-electron chi connectivity index (χ2n) is 7.71. The summed E-state index contributed by atoms with van der Waals surface area (Å²) in [5.41, 5.74) is 2.22. The molecule has 3 N–H and O–H groups in total. The van der Waals surface area contributed by atoms with Gasteiger partial charge in [0.1, 0.15) is 0 Å². The smallest absolute Gasteiger partial charge is 0.316 e. The van der Waals surface area contributed by atoms with Crippen molar-refractivity contribution in [3.8, 4) is 6.01 Å². The minimum atomic E-state index is -0.769. The molecule has 1 aliphatic heterocycles. The van der Waals surface area contributed by atoms with Crippen molar-refractivity contribution in [2.45, 2.75) is 64.1 Å². The first kappa shape index (κ1) is 22.8. The Hall–Kier alpha value is -2.87. The first-order valence-electron chi connectivity index (χ1n) is 10.9. The second-order valence-corrected chi connectivity index (χ2v) is 7.71. The predicted octanol–water partition coefficient (Wildman–Crippen LogP) is 4.26. The van der Waals surface area contributed by atoms with Crippen molar-refractivity contribution >= 4 is 17.3 Å². The summed E-state index contributed by atoms with van der Waals surface area (Å²) in [6.07, 6.45) is 5.96. The number of hydrogen-bond donors (Lipinski definition) is 3. The van der Waals surface area contributed by atoms with Crippen molar-refractivity contribution in [3.63, 3.8) is 0 Å². The van der Waals surface area contributed by atoms with Crippen LogP contribution in [0.1, 0.15) is 57.9 Å².